The Hall–Kier alpha value is -3.06. The Morgan fingerprint density at radius 3 is 2.61 bits per heavy atom. The minimum Gasteiger partial charge on any atom is -0.490 e. The van der Waals surface area contributed by atoms with Crippen molar-refractivity contribution in [2.75, 3.05) is 13.2 Å². The van der Waals surface area contributed by atoms with Gasteiger partial charge in [-0.1, -0.05) is 42.5 Å². The fourth-order valence-corrected chi connectivity index (χ4v) is 2.38. The van der Waals surface area contributed by atoms with E-state index in [2.05, 4.69) is 0 Å². The average molecular weight is 305 g/mol. The van der Waals surface area contributed by atoms with Gasteiger partial charge in [0.15, 0.2) is 11.5 Å². The van der Waals surface area contributed by atoms with E-state index in [4.69, 9.17) is 9.47 Å². The van der Waals surface area contributed by atoms with Crippen LogP contribution in [0.5, 0.6) is 11.5 Å². The van der Waals surface area contributed by atoms with E-state index in [1.807, 2.05) is 30.3 Å². The predicted octanol–water partition coefficient (Wildman–Crippen LogP) is 3.64. The van der Waals surface area contributed by atoms with Crippen molar-refractivity contribution >= 4 is 11.9 Å². The van der Waals surface area contributed by atoms with E-state index in [0.29, 0.717) is 35.8 Å². The van der Waals surface area contributed by atoms with Gasteiger partial charge >= 0.3 is 0 Å². The van der Waals surface area contributed by atoms with E-state index in [0.717, 1.165) is 6.42 Å². The molecule has 1 aliphatic heterocycles. The molecule has 0 bridgehead atoms. The van der Waals surface area contributed by atoms with E-state index >= 15 is 0 Å². The van der Waals surface area contributed by atoms with Gasteiger partial charge in [0.25, 0.3) is 0 Å². The number of Topliss-reactive ketones (excluding diaryl/α,β-unsaturated/α-hetero) is 1. The molecule has 2 aromatic carbocycles. The normalized spacial score (nSPS) is 13.8. The molecule has 0 radical (unpaired) electrons. The number of fused-ring (bicyclic) bond motifs is 1. The second-order valence-corrected chi connectivity index (χ2v) is 5.09. The van der Waals surface area contributed by atoms with Gasteiger partial charge in [-0.3, -0.25) is 4.79 Å². The molecule has 4 nitrogen and oxygen atoms in total. The molecule has 0 amide bonds. The third-order valence-electron chi connectivity index (χ3n) is 3.50. The molecule has 2 aromatic rings. The number of rotatable bonds is 3. The molecule has 0 N–H and O–H groups in total. The number of nitriles is 1. The number of hydrogen-bond donors (Lipinski definition) is 0. The number of carbonyl (C=O) groups excluding carboxylic acids is 1. The van der Waals surface area contributed by atoms with Crippen LogP contribution in [0.25, 0.3) is 6.08 Å². The number of benzene rings is 2. The molecule has 0 unspecified atom stereocenters. The third kappa shape index (κ3) is 3.24. The Balaban J connectivity index is 2.00. The standard InChI is InChI=1S/C19H15NO3/c20-13-16(18(21)14-6-2-1-3-7-14)12-15-8-4-9-17-19(15)23-11-5-10-22-17/h1-4,6-9,12H,5,10-11H2/b16-12-. The van der Waals surface area contributed by atoms with E-state index in [-0.39, 0.29) is 11.4 Å². The Kier molecular flexibility index (Phi) is 4.39. The van der Waals surface area contributed by atoms with Crippen LogP contribution in [0.15, 0.2) is 54.1 Å². The maximum atomic E-state index is 12.5. The summed E-state index contributed by atoms with van der Waals surface area (Å²) in [6.45, 7) is 1.14. The molecule has 0 saturated heterocycles. The lowest BCUT2D eigenvalue weighted by Crippen LogP contribution is -2.02. The van der Waals surface area contributed by atoms with Crippen molar-refractivity contribution in [3.63, 3.8) is 0 Å². The lowest BCUT2D eigenvalue weighted by molar-refractivity contribution is 0.104. The van der Waals surface area contributed by atoms with Gasteiger partial charge in [-0.15, -0.1) is 0 Å². The lowest BCUT2D eigenvalue weighted by Gasteiger charge is -2.10. The summed E-state index contributed by atoms with van der Waals surface area (Å²) in [4.78, 5) is 12.5. The van der Waals surface area contributed by atoms with Crippen LogP contribution in [0.2, 0.25) is 0 Å². The Bertz CT molecular complexity index is 788. The fourth-order valence-electron chi connectivity index (χ4n) is 2.38. The zero-order chi connectivity index (χ0) is 16.1. The molecule has 0 saturated carbocycles. The van der Waals surface area contributed by atoms with E-state index in [9.17, 15) is 10.1 Å². The SMILES string of the molecule is N#C/C(=C/c1cccc2c1OCCCO2)C(=O)c1ccccc1. The van der Waals surface area contributed by atoms with Crippen LogP contribution in [0.4, 0.5) is 0 Å². The van der Waals surface area contributed by atoms with Crippen LogP contribution < -0.4 is 9.47 Å². The van der Waals surface area contributed by atoms with Crippen molar-refractivity contribution in [3.8, 4) is 17.6 Å². The molecule has 1 heterocycles. The van der Waals surface area contributed by atoms with Crippen molar-refractivity contribution < 1.29 is 14.3 Å². The van der Waals surface area contributed by atoms with E-state index in [1.54, 1.807) is 30.3 Å². The molecule has 1 aliphatic rings. The zero-order valence-electron chi connectivity index (χ0n) is 12.5. The van der Waals surface area contributed by atoms with Crippen LogP contribution in [-0.2, 0) is 0 Å². The van der Waals surface area contributed by atoms with Gasteiger partial charge in [0, 0.05) is 17.5 Å². The molecule has 0 aromatic heterocycles. The molecular formula is C19H15NO3. The summed E-state index contributed by atoms with van der Waals surface area (Å²) in [5, 5.41) is 9.37. The minimum absolute atomic E-state index is 0.0671. The van der Waals surface area contributed by atoms with Crippen molar-refractivity contribution in [2.24, 2.45) is 0 Å². The Morgan fingerprint density at radius 1 is 1.04 bits per heavy atom. The fraction of sp³-hybridized carbons (Fsp3) is 0.158. The first kappa shape index (κ1) is 14.9. The second-order valence-electron chi connectivity index (χ2n) is 5.09. The monoisotopic (exact) mass is 305 g/mol. The molecule has 0 fully saturated rings. The number of ether oxygens (including phenoxy) is 2. The summed E-state index contributed by atoms with van der Waals surface area (Å²) in [5.41, 5.74) is 1.22. The summed E-state index contributed by atoms with van der Waals surface area (Å²) in [5.74, 6) is 0.916. The quantitative estimate of drug-likeness (QED) is 0.493. The highest BCUT2D eigenvalue weighted by molar-refractivity contribution is 6.14. The van der Waals surface area contributed by atoms with Gasteiger partial charge in [-0.05, 0) is 12.1 Å². The largest absolute Gasteiger partial charge is 0.490 e. The molecule has 4 heteroatoms. The summed E-state index contributed by atoms with van der Waals surface area (Å²) in [6.07, 6.45) is 2.36. The van der Waals surface area contributed by atoms with Crippen molar-refractivity contribution in [3.05, 3.63) is 65.2 Å². The summed E-state index contributed by atoms with van der Waals surface area (Å²) < 4.78 is 11.3. The maximum absolute atomic E-state index is 12.5. The second kappa shape index (κ2) is 6.80. The Morgan fingerprint density at radius 2 is 1.83 bits per heavy atom. The number of nitrogens with zero attached hydrogens (tertiary/aromatic N) is 1. The number of hydrogen-bond acceptors (Lipinski definition) is 4. The number of allylic oxidation sites excluding steroid dienone is 1. The van der Waals surface area contributed by atoms with Gasteiger partial charge in [0.1, 0.15) is 11.6 Å². The molecule has 0 aliphatic carbocycles. The number of carbonyl (C=O) groups is 1. The molecule has 3 rings (SSSR count). The topological polar surface area (TPSA) is 59.3 Å². The van der Waals surface area contributed by atoms with Gasteiger partial charge < -0.3 is 9.47 Å². The Labute approximate surface area is 134 Å². The highest BCUT2D eigenvalue weighted by atomic mass is 16.5. The molecule has 114 valence electrons. The van der Waals surface area contributed by atoms with Gasteiger partial charge in [-0.2, -0.15) is 5.26 Å². The molecule has 0 atom stereocenters. The third-order valence-corrected chi connectivity index (χ3v) is 3.50. The summed E-state index contributed by atoms with van der Waals surface area (Å²) in [6, 6.07) is 16.2. The highest BCUT2D eigenvalue weighted by Gasteiger charge is 2.16. The van der Waals surface area contributed by atoms with Crippen molar-refractivity contribution in [1.29, 1.82) is 5.26 Å². The van der Waals surface area contributed by atoms with Gasteiger partial charge in [0.05, 0.1) is 13.2 Å². The first-order valence-electron chi connectivity index (χ1n) is 7.40. The maximum Gasteiger partial charge on any atom is 0.203 e. The van der Waals surface area contributed by atoms with E-state index < -0.39 is 0 Å². The number of ketones is 1. The summed E-state index contributed by atoms with van der Waals surface area (Å²) in [7, 11) is 0. The van der Waals surface area contributed by atoms with Gasteiger partial charge in [0.2, 0.25) is 5.78 Å². The van der Waals surface area contributed by atoms with Crippen molar-refractivity contribution in [1.82, 2.24) is 0 Å². The van der Waals surface area contributed by atoms with Crippen LogP contribution in [0.1, 0.15) is 22.3 Å². The van der Waals surface area contributed by atoms with Crippen LogP contribution in [-0.4, -0.2) is 19.0 Å². The average Bonchev–Trinajstić information content (AvgIpc) is 2.86. The predicted molar refractivity (Wildman–Crippen MR) is 86.4 cm³/mol. The van der Waals surface area contributed by atoms with Gasteiger partial charge in [-0.25, -0.2) is 0 Å². The smallest absolute Gasteiger partial charge is 0.203 e. The first-order chi connectivity index (χ1) is 11.3. The minimum atomic E-state index is -0.305. The van der Waals surface area contributed by atoms with E-state index in [1.165, 1.54) is 0 Å². The van der Waals surface area contributed by atoms with Crippen LogP contribution >= 0.6 is 0 Å². The molecule has 23 heavy (non-hydrogen) atoms. The van der Waals surface area contributed by atoms with Crippen LogP contribution in [0, 0.1) is 11.3 Å². The molecular weight excluding hydrogens is 290 g/mol. The van der Waals surface area contributed by atoms with Crippen LogP contribution in [0.3, 0.4) is 0 Å². The number of para-hydroxylation sites is 1. The lowest BCUT2D eigenvalue weighted by atomic mass is 10.0. The summed E-state index contributed by atoms with van der Waals surface area (Å²) >= 11 is 0. The zero-order valence-corrected chi connectivity index (χ0v) is 12.5. The van der Waals surface area contributed by atoms with Crippen molar-refractivity contribution in [2.45, 2.75) is 6.42 Å². The highest BCUT2D eigenvalue weighted by Crippen LogP contribution is 2.34. The molecule has 0 spiro atoms. The first-order valence-corrected chi connectivity index (χ1v) is 7.40.